The van der Waals surface area contributed by atoms with Crippen molar-refractivity contribution >= 4 is 17.4 Å². The normalized spacial score (nSPS) is 17.4. The molecule has 1 unspecified atom stereocenters. The SMILES string of the molecule is CCOc1ccc(C2C(=C(O)c3ccncc3)C(=O)C(=O)N2CCCN(CC)CC)cc1OC. The van der Waals surface area contributed by atoms with Crippen LogP contribution in [0.2, 0.25) is 0 Å². The smallest absolute Gasteiger partial charge is 0.295 e. The van der Waals surface area contributed by atoms with Crippen LogP contribution < -0.4 is 9.47 Å². The Morgan fingerprint density at radius 2 is 1.79 bits per heavy atom. The fraction of sp³-hybridized carbons (Fsp3) is 0.423. The first kappa shape index (κ1) is 25.2. The maximum absolute atomic E-state index is 13.2. The van der Waals surface area contributed by atoms with E-state index < -0.39 is 17.7 Å². The van der Waals surface area contributed by atoms with E-state index >= 15 is 0 Å². The Bertz CT molecular complexity index is 1030. The van der Waals surface area contributed by atoms with Gasteiger partial charge in [0.2, 0.25) is 0 Å². The lowest BCUT2D eigenvalue weighted by atomic mass is 9.95. The number of likely N-dealkylation sites (tertiary alicyclic amines) is 1. The Morgan fingerprint density at radius 1 is 1.09 bits per heavy atom. The van der Waals surface area contributed by atoms with E-state index in [0.29, 0.717) is 42.2 Å². The van der Waals surface area contributed by atoms with Gasteiger partial charge in [-0.05, 0) is 62.8 Å². The summed E-state index contributed by atoms with van der Waals surface area (Å²) in [5.74, 6) is -0.466. The van der Waals surface area contributed by atoms with E-state index in [0.717, 1.165) is 19.6 Å². The van der Waals surface area contributed by atoms with Crippen molar-refractivity contribution in [3.05, 3.63) is 59.4 Å². The van der Waals surface area contributed by atoms with Crippen molar-refractivity contribution in [3.8, 4) is 11.5 Å². The van der Waals surface area contributed by atoms with E-state index in [2.05, 4.69) is 23.7 Å². The van der Waals surface area contributed by atoms with Crippen LogP contribution >= 0.6 is 0 Å². The standard InChI is InChI=1S/C26H33N3O5/c1-5-28(6-2)15-8-16-29-23(19-9-10-20(34-7-3)21(17-19)33-4)22(25(31)26(29)32)24(30)18-11-13-27-14-12-18/h9-14,17,23,30H,5-8,15-16H2,1-4H3. The Kier molecular flexibility index (Phi) is 8.65. The number of carbonyl (C=O) groups excluding carboxylic acids is 2. The third-order valence-corrected chi connectivity index (χ3v) is 6.06. The van der Waals surface area contributed by atoms with E-state index in [-0.39, 0.29) is 11.3 Å². The molecule has 0 radical (unpaired) electrons. The minimum atomic E-state index is -0.741. The predicted octanol–water partition coefficient (Wildman–Crippen LogP) is 3.64. The number of amides is 1. The number of benzene rings is 1. The van der Waals surface area contributed by atoms with E-state index in [4.69, 9.17) is 9.47 Å². The second-order valence-corrected chi connectivity index (χ2v) is 7.95. The molecule has 34 heavy (non-hydrogen) atoms. The quantitative estimate of drug-likeness (QED) is 0.306. The van der Waals surface area contributed by atoms with Crippen LogP contribution in [-0.4, -0.2) is 71.5 Å². The third kappa shape index (κ3) is 5.22. The molecule has 2 aromatic rings. The summed E-state index contributed by atoms with van der Waals surface area (Å²) in [5, 5.41) is 11.1. The zero-order valence-corrected chi connectivity index (χ0v) is 20.3. The van der Waals surface area contributed by atoms with Crippen LogP contribution in [0.25, 0.3) is 5.76 Å². The van der Waals surface area contributed by atoms with Crippen LogP contribution in [-0.2, 0) is 9.59 Å². The van der Waals surface area contributed by atoms with E-state index in [1.165, 1.54) is 12.4 Å². The number of carbonyl (C=O) groups is 2. The summed E-state index contributed by atoms with van der Waals surface area (Å²) in [6.45, 7) is 9.56. The van der Waals surface area contributed by atoms with E-state index in [9.17, 15) is 14.7 Å². The molecule has 1 aliphatic rings. The average Bonchev–Trinajstić information content (AvgIpc) is 3.12. The van der Waals surface area contributed by atoms with Crippen LogP contribution in [0.4, 0.5) is 0 Å². The number of Topliss-reactive ketones (excluding diaryl/α,β-unsaturated/α-hetero) is 1. The second kappa shape index (κ2) is 11.7. The lowest BCUT2D eigenvalue weighted by Gasteiger charge is -2.27. The zero-order valence-electron chi connectivity index (χ0n) is 20.3. The molecule has 0 aliphatic carbocycles. The second-order valence-electron chi connectivity index (χ2n) is 7.95. The van der Waals surface area contributed by atoms with Gasteiger partial charge in [0.25, 0.3) is 11.7 Å². The van der Waals surface area contributed by atoms with Gasteiger partial charge in [-0.25, -0.2) is 0 Å². The van der Waals surface area contributed by atoms with Gasteiger partial charge in [0.05, 0.1) is 25.3 Å². The number of pyridine rings is 1. The summed E-state index contributed by atoms with van der Waals surface area (Å²) >= 11 is 0. The van der Waals surface area contributed by atoms with Gasteiger partial charge in [-0.3, -0.25) is 14.6 Å². The molecule has 1 amide bonds. The molecule has 3 rings (SSSR count). The monoisotopic (exact) mass is 467 g/mol. The Hall–Kier alpha value is -3.39. The van der Waals surface area contributed by atoms with Crippen molar-refractivity contribution in [2.24, 2.45) is 0 Å². The number of rotatable bonds is 11. The topological polar surface area (TPSA) is 92.2 Å². The minimum Gasteiger partial charge on any atom is -0.507 e. The molecule has 1 aliphatic heterocycles. The summed E-state index contributed by atoms with van der Waals surface area (Å²) in [6.07, 6.45) is 3.77. The van der Waals surface area contributed by atoms with Crippen molar-refractivity contribution in [2.45, 2.75) is 33.2 Å². The molecule has 1 atom stereocenters. The number of aliphatic hydroxyl groups is 1. The van der Waals surface area contributed by atoms with Gasteiger partial charge in [-0.1, -0.05) is 19.9 Å². The molecule has 182 valence electrons. The summed E-state index contributed by atoms with van der Waals surface area (Å²) in [6, 6.07) is 7.81. The van der Waals surface area contributed by atoms with Crippen molar-refractivity contribution in [3.63, 3.8) is 0 Å². The number of aliphatic hydroxyl groups excluding tert-OH is 1. The first-order chi connectivity index (χ1) is 16.5. The highest BCUT2D eigenvalue weighted by atomic mass is 16.5. The average molecular weight is 468 g/mol. The molecule has 1 saturated heterocycles. The molecular formula is C26H33N3O5. The van der Waals surface area contributed by atoms with Gasteiger partial charge in [-0.2, -0.15) is 0 Å². The van der Waals surface area contributed by atoms with Crippen molar-refractivity contribution in [1.29, 1.82) is 0 Å². The van der Waals surface area contributed by atoms with Crippen molar-refractivity contribution in [2.75, 3.05) is 39.9 Å². The lowest BCUT2D eigenvalue weighted by Crippen LogP contribution is -2.33. The molecule has 2 heterocycles. The number of methoxy groups -OCH3 is 1. The van der Waals surface area contributed by atoms with Gasteiger partial charge in [-0.15, -0.1) is 0 Å². The summed E-state index contributed by atoms with van der Waals surface area (Å²) in [5.41, 5.74) is 1.15. The number of hydrogen-bond donors (Lipinski definition) is 1. The van der Waals surface area contributed by atoms with Crippen LogP contribution in [0, 0.1) is 0 Å². The van der Waals surface area contributed by atoms with Crippen molar-refractivity contribution in [1.82, 2.24) is 14.8 Å². The number of ether oxygens (including phenoxy) is 2. The summed E-state index contributed by atoms with van der Waals surface area (Å²) in [7, 11) is 1.54. The number of hydrogen-bond acceptors (Lipinski definition) is 7. The van der Waals surface area contributed by atoms with Gasteiger partial charge < -0.3 is 24.4 Å². The number of ketones is 1. The van der Waals surface area contributed by atoms with Crippen LogP contribution in [0.1, 0.15) is 44.4 Å². The molecule has 1 N–H and O–H groups in total. The molecular weight excluding hydrogens is 434 g/mol. The first-order valence-corrected chi connectivity index (χ1v) is 11.7. The maximum Gasteiger partial charge on any atom is 0.295 e. The Balaban J connectivity index is 2.07. The Labute approximate surface area is 200 Å². The molecule has 0 bridgehead atoms. The fourth-order valence-corrected chi connectivity index (χ4v) is 4.26. The maximum atomic E-state index is 13.2. The first-order valence-electron chi connectivity index (χ1n) is 11.7. The zero-order chi connectivity index (χ0) is 24.7. The Morgan fingerprint density at radius 3 is 2.41 bits per heavy atom. The predicted molar refractivity (Wildman–Crippen MR) is 130 cm³/mol. The van der Waals surface area contributed by atoms with Gasteiger partial charge in [0.1, 0.15) is 5.76 Å². The highest BCUT2D eigenvalue weighted by Gasteiger charge is 2.46. The van der Waals surface area contributed by atoms with E-state index in [1.807, 2.05) is 6.92 Å². The van der Waals surface area contributed by atoms with E-state index in [1.54, 1.807) is 42.3 Å². The third-order valence-electron chi connectivity index (χ3n) is 6.06. The molecule has 1 aromatic heterocycles. The number of nitrogens with zero attached hydrogens (tertiary/aromatic N) is 3. The van der Waals surface area contributed by atoms with Gasteiger partial charge in [0, 0.05) is 24.5 Å². The summed E-state index contributed by atoms with van der Waals surface area (Å²) in [4.78, 5) is 34.1. The van der Waals surface area contributed by atoms with Crippen LogP contribution in [0.5, 0.6) is 11.5 Å². The number of aromatic nitrogens is 1. The fourth-order valence-electron chi connectivity index (χ4n) is 4.26. The minimum absolute atomic E-state index is 0.0604. The molecule has 8 nitrogen and oxygen atoms in total. The van der Waals surface area contributed by atoms with Gasteiger partial charge >= 0.3 is 0 Å². The lowest BCUT2D eigenvalue weighted by molar-refractivity contribution is -0.140. The largest absolute Gasteiger partial charge is 0.507 e. The highest BCUT2D eigenvalue weighted by Crippen LogP contribution is 2.42. The molecule has 1 aromatic carbocycles. The van der Waals surface area contributed by atoms with Crippen LogP contribution in [0.15, 0.2) is 48.3 Å². The molecule has 8 heteroatoms. The summed E-state index contributed by atoms with van der Waals surface area (Å²) < 4.78 is 11.1. The molecule has 0 saturated carbocycles. The van der Waals surface area contributed by atoms with Gasteiger partial charge in [0.15, 0.2) is 11.5 Å². The molecule has 0 spiro atoms. The van der Waals surface area contributed by atoms with Crippen LogP contribution in [0.3, 0.4) is 0 Å². The molecule has 1 fully saturated rings. The van der Waals surface area contributed by atoms with Crippen molar-refractivity contribution < 1.29 is 24.2 Å². The highest BCUT2D eigenvalue weighted by molar-refractivity contribution is 6.46.